The van der Waals surface area contributed by atoms with Crippen molar-refractivity contribution in [1.82, 2.24) is 0 Å². The summed E-state index contributed by atoms with van der Waals surface area (Å²) >= 11 is 0. The van der Waals surface area contributed by atoms with Gasteiger partial charge in [0.15, 0.2) is 11.6 Å². The van der Waals surface area contributed by atoms with Crippen molar-refractivity contribution in [2.45, 2.75) is 50.7 Å². The molecule has 2 saturated carbocycles. The summed E-state index contributed by atoms with van der Waals surface area (Å²) in [5, 5.41) is 21.4. The highest BCUT2D eigenvalue weighted by Crippen LogP contribution is 2.69. The van der Waals surface area contributed by atoms with Gasteiger partial charge in [0.1, 0.15) is 0 Å². The minimum atomic E-state index is -0.897. The number of carboxylic acid groups (broad SMARTS) is 1. The number of carboxylic acids is 1. The summed E-state index contributed by atoms with van der Waals surface area (Å²) < 4.78 is 6.24. The smallest absolute Gasteiger partial charge is 0.306 e. The van der Waals surface area contributed by atoms with E-state index in [0.29, 0.717) is 49.9 Å². The second kappa shape index (κ2) is 5.39. The van der Waals surface area contributed by atoms with E-state index in [-0.39, 0.29) is 29.3 Å². The van der Waals surface area contributed by atoms with Gasteiger partial charge in [0.05, 0.1) is 24.2 Å². The first kappa shape index (κ1) is 17.3. The molecule has 0 amide bonds. The molecule has 0 aromatic rings. The summed E-state index contributed by atoms with van der Waals surface area (Å²) in [5.74, 6) is -2.33. The Morgan fingerprint density at radius 1 is 1.19 bits per heavy atom. The average Bonchev–Trinajstić information content (AvgIpc) is 2.90. The Hall–Kier alpha value is -1.79. The van der Waals surface area contributed by atoms with Crippen LogP contribution in [-0.2, 0) is 19.1 Å². The molecule has 1 aliphatic heterocycles. The van der Waals surface area contributed by atoms with E-state index in [1.807, 2.05) is 6.92 Å². The molecule has 7 unspecified atom stereocenters. The zero-order chi connectivity index (χ0) is 19.1. The summed E-state index contributed by atoms with van der Waals surface area (Å²) in [6, 6.07) is 0. The van der Waals surface area contributed by atoms with E-state index in [1.165, 1.54) is 12.2 Å². The second-order valence-electron chi connectivity index (χ2n) is 9.06. The van der Waals surface area contributed by atoms with E-state index in [0.717, 1.165) is 0 Å². The van der Waals surface area contributed by atoms with Crippen LogP contribution < -0.4 is 0 Å². The van der Waals surface area contributed by atoms with Crippen LogP contribution >= 0.6 is 0 Å². The van der Waals surface area contributed by atoms with E-state index < -0.39 is 29.0 Å². The van der Waals surface area contributed by atoms with Crippen LogP contribution in [0.5, 0.6) is 0 Å². The van der Waals surface area contributed by atoms with Crippen molar-refractivity contribution in [1.29, 1.82) is 0 Å². The Kier molecular flexibility index (Phi) is 3.45. The van der Waals surface area contributed by atoms with Crippen LogP contribution in [0.3, 0.4) is 0 Å². The van der Waals surface area contributed by atoms with Crippen LogP contribution in [-0.4, -0.2) is 46.1 Å². The first-order valence-corrected chi connectivity index (χ1v) is 9.87. The lowest BCUT2D eigenvalue weighted by molar-refractivity contribution is -0.163. The molecule has 7 atom stereocenters. The van der Waals surface area contributed by atoms with E-state index in [9.17, 15) is 24.6 Å². The van der Waals surface area contributed by atoms with E-state index in [4.69, 9.17) is 4.74 Å². The molecule has 0 aromatic carbocycles. The Bertz CT molecular complexity index is 825. The lowest BCUT2D eigenvalue weighted by Crippen LogP contribution is -2.59. The topological polar surface area (TPSA) is 101 Å². The molecule has 5 aliphatic rings. The predicted octanol–water partition coefficient (Wildman–Crippen LogP) is 1.67. The van der Waals surface area contributed by atoms with Gasteiger partial charge in [0.2, 0.25) is 0 Å². The van der Waals surface area contributed by atoms with Gasteiger partial charge in [-0.3, -0.25) is 14.4 Å². The number of aliphatic hydroxyl groups is 1. The number of rotatable bonds is 1. The molecule has 3 fully saturated rings. The molecule has 2 N–H and O–H groups in total. The average molecular weight is 372 g/mol. The number of hydrogen-bond donors (Lipinski definition) is 2. The molecule has 27 heavy (non-hydrogen) atoms. The summed E-state index contributed by atoms with van der Waals surface area (Å²) in [6.07, 6.45) is 4.65. The number of fused-ring (bicyclic) bond motifs is 1. The van der Waals surface area contributed by atoms with E-state index >= 15 is 0 Å². The lowest BCUT2D eigenvalue weighted by atomic mass is 9.48. The normalized spacial score (nSPS) is 48.1. The minimum Gasteiger partial charge on any atom is -0.481 e. The summed E-state index contributed by atoms with van der Waals surface area (Å²) in [7, 11) is 0. The fraction of sp³-hybridized carbons (Fsp3) is 0.667. The molecule has 4 aliphatic carbocycles. The summed E-state index contributed by atoms with van der Waals surface area (Å²) in [4.78, 5) is 37.4. The van der Waals surface area contributed by atoms with E-state index in [1.54, 1.807) is 0 Å². The van der Waals surface area contributed by atoms with Gasteiger partial charge in [0.25, 0.3) is 0 Å². The van der Waals surface area contributed by atoms with Gasteiger partial charge in [-0.25, -0.2) is 0 Å². The maximum atomic E-state index is 12.8. The number of ether oxygens (including phenoxy) is 1. The van der Waals surface area contributed by atoms with Crippen LogP contribution in [0.1, 0.15) is 39.0 Å². The third-order valence-corrected chi connectivity index (χ3v) is 8.28. The third-order valence-electron chi connectivity index (χ3n) is 8.28. The van der Waals surface area contributed by atoms with Crippen molar-refractivity contribution in [3.05, 3.63) is 23.3 Å². The van der Waals surface area contributed by atoms with Crippen molar-refractivity contribution in [2.75, 3.05) is 6.61 Å². The Morgan fingerprint density at radius 2 is 1.93 bits per heavy atom. The molecule has 1 heterocycles. The molecule has 1 saturated heterocycles. The van der Waals surface area contributed by atoms with Crippen molar-refractivity contribution >= 4 is 17.5 Å². The first-order chi connectivity index (χ1) is 12.8. The van der Waals surface area contributed by atoms with Crippen LogP contribution in [0.4, 0.5) is 0 Å². The monoisotopic (exact) mass is 372 g/mol. The molecule has 0 aromatic heterocycles. The second-order valence-corrected chi connectivity index (χ2v) is 9.06. The van der Waals surface area contributed by atoms with Crippen molar-refractivity contribution in [2.24, 2.45) is 29.1 Å². The first-order valence-electron chi connectivity index (χ1n) is 9.87. The Balaban J connectivity index is 1.75. The van der Waals surface area contributed by atoms with Gasteiger partial charge in [-0.15, -0.1) is 0 Å². The van der Waals surface area contributed by atoms with Crippen LogP contribution in [0, 0.1) is 29.1 Å². The number of hydrogen-bond acceptors (Lipinski definition) is 5. The zero-order valence-corrected chi connectivity index (χ0v) is 15.3. The molecule has 1 spiro atoms. The number of ketones is 2. The van der Waals surface area contributed by atoms with Gasteiger partial charge in [-0.05, 0) is 56.1 Å². The summed E-state index contributed by atoms with van der Waals surface area (Å²) in [6.45, 7) is 2.28. The Morgan fingerprint density at radius 3 is 2.67 bits per heavy atom. The van der Waals surface area contributed by atoms with Crippen molar-refractivity contribution < 1.29 is 29.3 Å². The van der Waals surface area contributed by atoms with Crippen molar-refractivity contribution in [3.8, 4) is 0 Å². The molecular formula is C21H24O6. The molecular weight excluding hydrogens is 348 g/mol. The molecule has 2 bridgehead atoms. The number of allylic oxidation sites excluding steroid dienone is 3. The number of aliphatic carboxylic acids is 1. The van der Waals surface area contributed by atoms with Gasteiger partial charge < -0.3 is 14.9 Å². The third kappa shape index (κ3) is 1.95. The highest BCUT2D eigenvalue weighted by molar-refractivity contribution is 6.21. The SMILES string of the molecule is CC1COC2C3=C(CC4C(C(=O)O)CCC5C1(O)CCC245)C(=O)C=CC3=O. The molecule has 6 nitrogen and oxygen atoms in total. The largest absolute Gasteiger partial charge is 0.481 e. The molecule has 144 valence electrons. The minimum absolute atomic E-state index is 0.0940. The quantitative estimate of drug-likeness (QED) is 0.679. The Labute approximate surface area is 157 Å². The highest BCUT2D eigenvalue weighted by atomic mass is 16.5. The maximum absolute atomic E-state index is 12.8. The number of carbonyl (C=O) groups excluding carboxylic acids is 2. The van der Waals surface area contributed by atoms with Gasteiger partial charge in [-0.2, -0.15) is 0 Å². The van der Waals surface area contributed by atoms with Crippen LogP contribution in [0.2, 0.25) is 0 Å². The van der Waals surface area contributed by atoms with Crippen LogP contribution in [0.15, 0.2) is 23.3 Å². The maximum Gasteiger partial charge on any atom is 0.306 e. The molecule has 6 heteroatoms. The lowest BCUT2D eigenvalue weighted by Gasteiger charge is -2.56. The number of carbonyl (C=O) groups is 3. The van der Waals surface area contributed by atoms with Gasteiger partial charge in [-0.1, -0.05) is 6.92 Å². The zero-order valence-electron chi connectivity index (χ0n) is 15.3. The fourth-order valence-electron chi connectivity index (χ4n) is 7.07. The van der Waals surface area contributed by atoms with Crippen molar-refractivity contribution in [3.63, 3.8) is 0 Å². The summed E-state index contributed by atoms with van der Waals surface area (Å²) in [5.41, 5.74) is -0.625. The fourth-order valence-corrected chi connectivity index (χ4v) is 7.07. The van der Waals surface area contributed by atoms with E-state index in [2.05, 4.69) is 0 Å². The highest BCUT2D eigenvalue weighted by Gasteiger charge is 2.71. The molecule has 0 radical (unpaired) electrons. The van der Waals surface area contributed by atoms with Crippen LogP contribution in [0.25, 0.3) is 0 Å². The van der Waals surface area contributed by atoms with Gasteiger partial charge in [0, 0.05) is 22.5 Å². The standard InChI is InChI=1S/C21H24O6/c1-10-9-27-18-17-12(14(22)3-4-15(17)23)8-13-11(19(24)25)2-5-16-20(13,18)6-7-21(10,16)26/h3-4,10-11,13,16,18,26H,2,5-9H2,1H3,(H,24,25). The predicted molar refractivity (Wildman–Crippen MR) is 93.7 cm³/mol. The van der Waals surface area contributed by atoms with Gasteiger partial charge >= 0.3 is 5.97 Å². The molecule has 5 rings (SSSR count).